The van der Waals surface area contributed by atoms with Crippen molar-refractivity contribution in [2.45, 2.75) is 20.8 Å². The molecule has 2 aromatic heterocycles. The van der Waals surface area contributed by atoms with Crippen LogP contribution in [0.4, 0.5) is 0 Å². The Morgan fingerprint density at radius 1 is 1.00 bits per heavy atom. The molecule has 0 fully saturated rings. The lowest BCUT2D eigenvalue weighted by atomic mass is 10.1. The highest BCUT2D eigenvalue weighted by molar-refractivity contribution is 5.80. The number of aromatic nitrogens is 3. The van der Waals surface area contributed by atoms with Gasteiger partial charge < -0.3 is 4.98 Å². The van der Waals surface area contributed by atoms with Crippen LogP contribution in [0.5, 0.6) is 0 Å². The number of benzene rings is 1. The molecule has 1 aromatic carbocycles. The number of fused-ring (bicyclic) bond motifs is 1. The Kier molecular flexibility index (Phi) is 2.40. The Labute approximate surface area is 106 Å². The molecule has 3 aromatic rings. The van der Waals surface area contributed by atoms with Crippen LogP contribution >= 0.6 is 0 Å². The molecule has 0 aliphatic rings. The molecular formula is C15H15N3. The van der Waals surface area contributed by atoms with Gasteiger partial charge in [-0.25, -0.2) is 4.98 Å². The Morgan fingerprint density at radius 2 is 1.78 bits per heavy atom. The molecule has 0 aliphatic heterocycles. The lowest BCUT2D eigenvalue weighted by molar-refractivity contribution is 1.19. The molecule has 3 rings (SSSR count). The van der Waals surface area contributed by atoms with E-state index >= 15 is 0 Å². The summed E-state index contributed by atoms with van der Waals surface area (Å²) >= 11 is 0. The van der Waals surface area contributed by atoms with Crippen molar-refractivity contribution in [3.63, 3.8) is 0 Å². The number of imidazole rings is 1. The van der Waals surface area contributed by atoms with Gasteiger partial charge in [0.1, 0.15) is 5.82 Å². The fourth-order valence-electron chi connectivity index (χ4n) is 2.01. The summed E-state index contributed by atoms with van der Waals surface area (Å²) in [4.78, 5) is 12.3. The standard InChI is InChI=1S/C15H15N3/c1-9-6-13-14(7-10(9)2)18-15(17-13)12-5-4-11(3)16-8-12/h4-8H,1-3H3,(H,17,18). The van der Waals surface area contributed by atoms with E-state index in [-0.39, 0.29) is 0 Å². The second-order valence-corrected chi connectivity index (χ2v) is 4.73. The van der Waals surface area contributed by atoms with Crippen LogP contribution in [-0.2, 0) is 0 Å². The van der Waals surface area contributed by atoms with Gasteiger partial charge in [0.25, 0.3) is 0 Å². The monoisotopic (exact) mass is 237 g/mol. The van der Waals surface area contributed by atoms with Crippen LogP contribution in [0.3, 0.4) is 0 Å². The Balaban J connectivity index is 2.16. The van der Waals surface area contributed by atoms with Crippen LogP contribution in [0.2, 0.25) is 0 Å². The molecule has 0 radical (unpaired) electrons. The van der Waals surface area contributed by atoms with Crippen molar-refractivity contribution >= 4 is 11.0 Å². The van der Waals surface area contributed by atoms with E-state index in [1.807, 2.05) is 25.3 Å². The van der Waals surface area contributed by atoms with Crippen LogP contribution in [0.25, 0.3) is 22.4 Å². The van der Waals surface area contributed by atoms with Crippen molar-refractivity contribution < 1.29 is 0 Å². The molecule has 0 bridgehead atoms. The van der Waals surface area contributed by atoms with Gasteiger partial charge in [0.15, 0.2) is 0 Å². The first-order valence-corrected chi connectivity index (χ1v) is 6.03. The molecule has 0 spiro atoms. The number of pyridine rings is 1. The first-order chi connectivity index (χ1) is 8.63. The van der Waals surface area contributed by atoms with Crippen LogP contribution in [-0.4, -0.2) is 15.0 Å². The molecular weight excluding hydrogens is 222 g/mol. The second-order valence-electron chi connectivity index (χ2n) is 4.73. The summed E-state index contributed by atoms with van der Waals surface area (Å²) in [6, 6.07) is 8.30. The Morgan fingerprint density at radius 3 is 2.50 bits per heavy atom. The third-order valence-electron chi connectivity index (χ3n) is 3.28. The van der Waals surface area contributed by atoms with Gasteiger partial charge in [0.05, 0.1) is 11.0 Å². The molecule has 0 atom stereocenters. The van der Waals surface area contributed by atoms with Gasteiger partial charge in [-0.2, -0.15) is 0 Å². The molecule has 0 unspecified atom stereocenters. The summed E-state index contributed by atoms with van der Waals surface area (Å²) in [6.07, 6.45) is 1.85. The Bertz CT molecular complexity index is 669. The minimum absolute atomic E-state index is 0.877. The van der Waals surface area contributed by atoms with Crippen LogP contribution in [0.1, 0.15) is 16.8 Å². The van der Waals surface area contributed by atoms with E-state index in [0.29, 0.717) is 0 Å². The van der Waals surface area contributed by atoms with Gasteiger partial charge in [-0.1, -0.05) is 0 Å². The van der Waals surface area contributed by atoms with E-state index in [9.17, 15) is 0 Å². The summed E-state index contributed by atoms with van der Waals surface area (Å²) in [5, 5.41) is 0. The second kappa shape index (κ2) is 3.95. The number of nitrogens with zero attached hydrogens (tertiary/aromatic N) is 2. The average molecular weight is 237 g/mol. The maximum atomic E-state index is 4.62. The van der Waals surface area contributed by atoms with Crippen LogP contribution in [0.15, 0.2) is 30.5 Å². The van der Waals surface area contributed by atoms with E-state index in [1.54, 1.807) is 0 Å². The molecule has 0 amide bonds. The van der Waals surface area contributed by atoms with Crippen molar-refractivity contribution in [2.75, 3.05) is 0 Å². The van der Waals surface area contributed by atoms with Gasteiger partial charge >= 0.3 is 0 Å². The van der Waals surface area contributed by atoms with Crippen LogP contribution in [0, 0.1) is 20.8 Å². The quantitative estimate of drug-likeness (QED) is 0.703. The topological polar surface area (TPSA) is 41.6 Å². The van der Waals surface area contributed by atoms with Gasteiger partial charge in [-0.05, 0) is 56.2 Å². The van der Waals surface area contributed by atoms with Crippen molar-refractivity contribution in [1.82, 2.24) is 15.0 Å². The largest absolute Gasteiger partial charge is 0.338 e. The molecule has 2 heterocycles. The van der Waals surface area contributed by atoms with Gasteiger partial charge in [-0.3, -0.25) is 4.98 Å². The summed E-state index contributed by atoms with van der Waals surface area (Å²) in [5.74, 6) is 0.877. The smallest absolute Gasteiger partial charge is 0.140 e. The van der Waals surface area contributed by atoms with Crippen molar-refractivity contribution in [3.05, 3.63) is 47.3 Å². The number of rotatable bonds is 1. The van der Waals surface area contributed by atoms with Gasteiger partial charge in [0, 0.05) is 17.5 Å². The predicted molar refractivity (Wildman–Crippen MR) is 73.5 cm³/mol. The zero-order valence-corrected chi connectivity index (χ0v) is 10.8. The highest BCUT2D eigenvalue weighted by atomic mass is 14.9. The van der Waals surface area contributed by atoms with E-state index < -0.39 is 0 Å². The third-order valence-corrected chi connectivity index (χ3v) is 3.28. The van der Waals surface area contributed by atoms with Crippen molar-refractivity contribution in [2.24, 2.45) is 0 Å². The molecule has 1 N–H and O–H groups in total. The molecule has 0 saturated heterocycles. The third kappa shape index (κ3) is 1.78. The lowest BCUT2D eigenvalue weighted by Gasteiger charge is -1.97. The van der Waals surface area contributed by atoms with E-state index in [0.717, 1.165) is 28.1 Å². The predicted octanol–water partition coefficient (Wildman–Crippen LogP) is 3.55. The zero-order chi connectivity index (χ0) is 12.7. The van der Waals surface area contributed by atoms with E-state index in [2.05, 4.69) is 40.9 Å². The number of hydrogen-bond acceptors (Lipinski definition) is 2. The first kappa shape index (κ1) is 11.0. The zero-order valence-electron chi connectivity index (χ0n) is 10.8. The number of nitrogens with one attached hydrogen (secondary N) is 1. The molecule has 0 aliphatic carbocycles. The SMILES string of the molecule is Cc1ccc(-c2nc3cc(C)c(C)cc3[nH]2)cn1. The van der Waals surface area contributed by atoms with Gasteiger partial charge in [-0.15, -0.1) is 0 Å². The minimum atomic E-state index is 0.877. The molecule has 3 nitrogen and oxygen atoms in total. The highest BCUT2D eigenvalue weighted by Gasteiger charge is 2.06. The highest BCUT2D eigenvalue weighted by Crippen LogP contribution is 2.22. The summed E-state index contributed by atoms with van der Waals surface area (Å²) in [5.41, 5.74) is 6.67. The number of hydrogen-bond donors (Lipinski definition) is 1. The fraction of sp³-hybridized carbons (Fsp3) is 0.200. The van der Waals surface area contributed by atoms with Crippen molar-refractivity contribution in [3.8, 4) is 11.4 Å². The Hall–Kier alpha value is -2.16. The van der Waals surface area contributed by atoms with E-state index in [4.69, 9.17) is 0 Å². The maximum Gasteiger partial charge on any atom is 0.140 e. The minimum Gasteiger partial charge on any atom is -0.338 e. The van der Waals surface area contributed by atoms with Gasteiger partial charge in [0.2, 0.25) is 0 Å². The average Bonchev–Trinajstić information content (AvgIpc) is 2.73. The summed E-state index contributed by atoms with van der Waals surface area (Å²) < 4.78 is 0. The number of aromatic amines is 1. The lowest BCUT2D eigenvalue weighted by Crippen LogP contribution is -1.84. The summed E-state index contributed by atoms with van der Waals surface area (Å²) in [7, 11) is 0. The molecule has 18 heavy (non-hydrogen) atoms. The first-order valence-electron chi connectivity index (χ1n) is 6.03. The number of aryl methyl sites for hydroxylation is 3. The van der Waals surface area contributed by atoms with Crippen LogP contribution < -0.4 is 0 Å². The molecule has 0 saturated carbocycles. The molecule has 90 valence electrons. The summed E-state index contributed by atoms with van der Waals surface area (Å²) in [6.45, 7) is 6.20. The van der Waals surface area contributed by atoms with E-state index in [1.165, 1.54) is 11.1 Å². The fourth-order valence-corrected chi connectivity index (χ4v) is 2.01. The van der Waals surface area contributed by atoms with Crippen molar-refractivity contribution in [1.29, 1.82) is 0 Å². The number of H-pyrrole nitrogens is 1. The normalized spacial score (nSPS) is 11.1. The maximum absolute atomic E-state index is 4.62. The molecule has 3 heteroatoms.